The molecule has 0 rings (SSSR count). The Kier molecular flexibility index (Phi) is 10.4. The van der Waals surface area contributed by atoms with E-state index in [4.69, 9.17) is 0 Å². The summed E-state index contributed by atoms with van der Waals surface area (Å²) in [5.41, 5.74) is -0.646. The van der Waals surface area contributed by atoms with E-state index in [1.807, 2.05) is 0 Å². The number of hydrogen-bond acceptors (Lipinski definition) is 1. The van der Waals surface area contributed by atoms with Gasteiger partial charge >= 0.3 is 71.3 Å². The van der Waals surface area contributed by atoms with Gasteiger partial charge in [0.1, 0.15) is 0 Å². The van der Waals surface area contributed by atoms with Crippen LogP contribution in [0.25, 0.3) is 0 Å². The molecule has 0 radical (unpaired) electrons. The van der Waals surface area contributed by atoms with Crippen LogP contribution in [0.3, 0.4) is 0 Å². The molecule has 0 aromatic carbocycles. The van der Waals surface area contributed by atoms with Crippen molar-refractivity contribution in [3.8, 4) is 0 Å². The number of nitrogens with one attached hydrogen (secondary N) is 1. The van der Waals surface area contributed by atoms with Gasteiger partial charge in [-0.05, 0) is 6.92 Å². The summed E-state index contributed by atoms with van der Waals surface area (Å²) in [5.74, 6) is -100. The molecule has 0 saturated carbocycles. The van der Waals surface area contributed by atoms with Crippen LogP contribution in [0, 0.1) is 0 Å². The number of rotatable bonds is 14. The molecule has 1 N–H and O–H groups in total. The molecule has 0 aliphatic heterocycles. The fourth-order valence-corrected chi connectivity index (χ4v) is 2.63. The van der Waals surface area contributed by atoms with Gasteiger partial charge in [0.2, 0.25) is 5.91 Å². The van der Waals surface area contributed by atoms with Gasteiger partial charge < -0.3 is 5.32 Å². The molecule has 27 heteroatoms. The van der Waals surface area contributed by atoms with Gasteiger partial charge in [-0.1, -0.05) is 6.58 Å². The summed E-state index contributed by atoms with van der Waals surface area (Å²) in [6, 6.07) is 0. The second-order valence-electron chi connectivity index (χ2n) is 8.73. The SMILES string of the molecule is C=C(C)C(=O)NCCC(F)(F)C(F)(F)C(F)(F)C(F)(F)C(F)(F)C(F)(F)C(F)(F)C(F)(F)C(F)(F)C(F)(F)C(F)(F)C(F)(F)F. The lowest BCUT2D eigenvalue weighted by molar-refractivity contribution is -0.482. The van der Waals surface area contributed by atoms with Crippen molar-refractivity contribution in [1.82, 2.24) is 5.32 Å². The maximum Gasteiger partial charge on any atom is 0.460 e. The minimum Gasteiger partial charge on any atom is -0.352 e. The first-order valence-electron chi connectivity index (χ1n) is 10.2. The highest BCUT2D eigenvalue weighted by molar-refractivity contribution is 5.92. The van der Waals surface area contributed by atoms with Gasteiger partial charge in [-0.25, -0.2) is 0 Å². The Bertz CT molecular complexity index is 1120. The Labute approximate surface area is 230 Å². The molecule has 268 valence electrons. The van der Waals surface area contributed by atoms with E-state index in [-0.39, 0.29) is 0 Å². The molecule has 0 aromatic rings. The first-order chi connectivity index (χ1) is 19.1. The van der Waals surface area contributed by atoms with Crippen molar-refractivity contribution < 1.29 is 115 Å². The third kappa shape index (κ3) is 5.59. The van der Waals surface area contributed by atoms with Crippen LogP contribution >= 0.6 is 0 Å². The molecule has 0 spiro atoms. The Morgan fingerprint density at radius 2 is 0.667 bits per heavy atom. The van der Waals surface area contributed by atoms with Crippen molar-refractivity contribution >= 4 is 5.91 Å². The summed E-state index contributed by atoms with van der Waals surface area (Å²) in [5, 5.41) is 1.15. The summed E-state index contributed by atoms with van der Waals surface area (Å²) in [4.78, 5) is 11.1. The lowest BCUT2D eigenvalue weighted by atomic mass is 9.84. The van der Waals surface area contributed by atoms with Gasteiger partial charge in [0, 0.05) is 18.5 Å². The first-order valence-corrected chi connectivity index (χ1v) is 10.2. The normalized spacial score (nSPS) is 16.1. The van der Waals surface area contributed by atoms with Gasteiger partial charge in [-0.15, -0.1) is 0 Å². The Balaban J connectivity index is 7.11. The summed E-state index contributed by atoms with van der Waals surface area (Å²) < 4.78 is 334. The molecular weight excluding hydrogens is 721 g/mol. The van der Waals surface area contributed by atoms with Crippen LogP contribution in [-0.4, -0.2) is 83.8 Å². The predicted octanol–water partition coefficient (Wildman–Crippen LogP) is 8.62. The average Bonchev–Trinajstić information content (AvgIpc) is 2.81. The largest absolute Gasteiger partial charge is 0.460 e. The van der Waals surface area contributed by atoms with Crippen molar-refractivity contribution in [1.29, 1.82) is 0 Å². The van der Waals surface area contributed by atoms with E-state index in [2.05, 4.69) is 6.58 Å². The third-order valence-corrected chi connectivity index (χ3v) is 5.48. The zero-order chi connectivity index (χ0) is 37.3. The van der Waals surface area contributed by atoms with Gasteiger partial charge in [-0.2, -0.15) is 110 Å². The molecule has 0 aliphatic carbocycles. The molecule has 0 atom stereocenters. The van der Waals surface area contributed by atoms with E-state index in [9.17, 15) is 115 Å². The smallest absolute Gasteiger partial charge is 0.352 e. The second-order valence-corrected chi connectivity index (χ2v) is 8.73. The van der Waals surface area contributed by atoms with Crippen LogP contribution in [0.4, 0.5) is 110 Å². The number of carbonyl (C=O) groups is 1. The molecule has 0 aliphatic rings. The highest BCUT2D eigenvalue weighted by atomic mass is 19.4. The Hall–Kier alpha value is -2.54. The minimum absolute atomic E-state index is 0.646. The van der Waals surface area contributed by atoms with Gasteiger partial charge in [-0.3, -0.25) is 4.79 Å². The van der Waals surface area contributed by atoms with Gasteiger partial charge in [0.05, 0.1) is 0 Å². The average molecular weight is 731 g/mol. The zero-order valence-electron chi connectivity index (χ0n) is 20.5. The first kappa shape index (κ1) is 42.5. The molecule has 0 unspecified atom stereocenters. The van der Waals surface area contributed by atoms with Gasteiger partial charge in [0.15, 0.2) is 0 Å². The number of carbonyl (C=O) groups excluding carboxylic acids is 1. The molecule has 0 heterocycles. The quantitative estimate of drug-likeness (QED) is 0.141. The number of halogens is 25. The molecule has 0 fully saturated rings. The molecule has 1 amide bonds. The summed E-state index contributed by atoms with van der Waals surface area (Å²) in [6.45, 7) is 1.59. The maximum absolute atomic E-state index is 13.8. The molecular formula is C18H10F25NO. The van der Waals surface area contributed by atoms with Crippen LogP contribution in [0.15, 0.2) is 12.2 Å². The molecule has 45 heavy (non-hydrogen) atoms. The fraction of sp³-hybridized carbons (Fsp3) is 0.833. The second kappa shape index (κ2) is 11.0. The lowest BCUT2D eigenvalue weighted by Gasteiger charge is -2.45. The zero-order valence-corrected chi connectivity index (χ0v) is 20.5. The monoisotopic (exact) mass is 731 g/mol. The standard InChI is InChI=1S/C18H10F25NO/c1-5(2)6(45)44-4-3-7(19,20)8(21,22)9(23,24)10(25,26)11(27,28)12(29,30)13(31,32)14(33,34)15(35,36)16(37,38)17(39,40)18(41,42)43/h1,3-4H2,2H3,(H,44,45). The summed E-state index contributed by atoms with van der Waals surface area (Å²) in [6.07, 6.45) is -11.2. The topological polar surface area (TPSA) is 29.1 Å². The van der Waals surface area contributed by atoms with Crippen LogP contribution in [0.1, 0.15) is 13.3 Å². The molecule has 0 aromatic heterocycles. The molecule has 0 saturated heterocycles. The van der Waals surface area contributed by atoms with E-state index in [0.717, 1.165) is 12.2 Å². The van der Waals surface area contributed by atoms with Crippen molar-refractivity contribution in [3.63, 3.8) is 0 Å². The van der Waals surface area contributed by atoms with Gasteiger partial charge in [0.25, 0.3) is 0 Å². The van der Waals surface area contributed by atoms with Crippen LogP contribution in [0.2, 0.25) is 0 Å². The Morgan fingerprint density at radius 1 is 0.444 bits per heavy atom. The van der Waals surface area contributed by atoms with E-state index < -0.39 is 95.8 Å². The van der Waals surface area contributed by atoms with Crippen molar-refractivity contribution in [2.24, 2.45) is 0 Å². The van der Waals surface area contributed by atoms with Crippen molar-refractivity contribution in [2.45, 2.75) is 84.7 Å². The fourth-order valence-electron chi connectivity index (χ4n) is 2.63. The highest BCUT2D eigenvalue weighted by Gasteiger charge is 2.99. The van der Waals surface area contributed by atoms with Crippen LogP contribution < -0.4 is 5.32 Å². The van der Waals surface area contributed by atoms with Crippen molar-refractivity contribution in [3.05, 3.63) is 12.2 Å². The van der Waals surface area contributed by atoms with Crippen molar-refractivity contribution in [2.75, 3.05) is 6.54 Å². The lowest BCUT2D eigenvalue weighted by Crippen LogP contribution is -2.78. The maximum atomic E-state index is 13.8. The van der Waals surface area contributed by atoms with Crippen LogP contribution in [0.5, 0.6) is 0 Å². The minimum atomic E-state index is -9.62. The number of alkyl halides is 25. The van der Waals surface area contributed by atoms with E-state index in [1.165, 1.54) is 0 Å². The Morgan fingerprint density at radius 3 is 0.889 bits per heavy atom. The molecule has 2 nitrogen and oxygen atoms in total. The van der Waals surface area contributed by atoms with E-state index in [0.29, 0.717) is 0 Å². The van der Waals surface area contributed by atoms with E-state index in [1.54, 1.807) is 0 Å². The van der Waals surface area contributed by atoms with Crippen LogP contribution in [-0.2, 0) is 4.79 Å². The van der Waals surface area contributed by atoms with E-state index >= 15 is 0 Å². The predicted molar refractivity (Wildman–Crippen MR) is 92.9 cm³/mol. The number of amides is 1. The summed E-state index contributed by atoms with van der Waals surface area (Å²) >= 11 is 0. The highest BCUT2D eigenvalue weighted by Crippen LogP contribution is 2.67. The molecule has 0 bridgehead atoms. The number of hydrogen-bond donors (Lipinski definition) is 1. The summed E-state index contributed by atoms with van der Waals surface area (Å²) in [7, 11) is 0. The third-order valence-electron chi connectivity index (χ3n) is 5.48.